The second-order valence-electron chi connectivity index (χ2n) is 4.86. The first-order valence-electron chi connectivity index (χ1n) is 7.07. The average Bonchev–Trinajstić information content (AvgIpc) is 2.49. The Bertz CT molecular complexity index is 499. The monoisotopic (exact) mass is 270 g/mol. The smallest absolute Gasteiger partial charge is 0.0716 e. The van der Waals surface area contributed by atoms with E-state index in [-0.39, 0.29) is 0 Å². The van der Waals surface area contributed by atoms with Crippen LogP contribution in [-0.2, 0) is 24.3 Å². The highest BCUT2D eigenvalue weighted by Crippen LogP contribution is 2.07. The van der Waals surface area contributed by atoms with Crippen LogP contribution >= 0.6 is 0 Å². The summed E-state index contributed by atoms with van der Waals surface area (Å²) in [6.07, 6.45) is 5.76. The lowest BCUT2D eigenvalue weighted by molar-refractivity contribution is 0.118. The highest BCUT2D eigenvalue weighted by molar-refractivity contribution is 5.22. The zero-order chi connectivity index (χ0) is 14.0. The van der Waals surface area contributed by atoms with Gasteiger partial charge >= 0.3 is 0 Å². The van der Waals surface area contributed by atoms with Crippen LogP contribution in [0.3, 0.4) is 0 Å². The molecule has 0 unspecified atom stereocenters. The normalized spacial score (nSPS) is 10.7. The van der Waals surface area contributed by atoms with E-state index in [2.05, 4.69) is 46.7 Å². The lowest BCUT2D eigenvalue weighted by Gasteiger charge is -2.07. The van der Waals surface area contributed by atoms with Crippen LogP contribution in [0.5, 0.6) is 0 Å². The highest BCUT2D eigenvalue weighted by atomic mass is 16.5. The largest absolute Gasteiger partial charge is 0.377 e. The minimum absolute atomic E-state index is 0.688. The first-order chi connectivity index (χ1) is 9.88. The van der Waals surface area contributed by atoms with Crippen molar-refractivity contribution in [2.75, 3.05) is 13.7 Å². The van der Waals surface area contributed by atoms with Crippen LogP contribution in [0, 0.1) is 0 Å². The van der Waals surface area contributed by atoms with Crippen molar-refractivity contribution in [3.63, 3.8) is 0 Å². The van der Waals surface area contributed by atoms with Gasteiger partial charge in [-0.1, -0.05) is 24.3 Å². The Kier molecular flexibility index (Phi) is 6.21. The first-order valence-corrected chi connectivity index (χ1v) is 7.07. The van der Waals surface area contributed by atoms with Crippen LogP contribution in [0.1, 0.15) is 23.1 Å². The second-order valence-corrected chi connectivity index (χ2v) is 4.86. The van der Waals surface area contributed by atoms with E-state index in [1.807, 2.05) is 19.4 Å². The molecule has 106 valence electrons. The standard InChI is InChI=1S/C17H22N2O/c1-18-13-16-4-2-5-17(12-16)14-20-11-3-6-15-7-9-19-10-8-15/h2,4-5,7-10,12,18H,3,6,11,13-14H2,1H3. The number of benzene rings is 1. The molecule has 3 nitrogen and oxygen atoms in total. The highest BCUT2D eigenvalue weighted by Gasteiger charge is 1.97. The van der Waals surface area contributed by atoms with Crippen LogP contribution in [0.4, 0.5) is 0 Å². The molecule has 0 saturated carbocycles. The van der Waals surface area contributed by atoms with Gasteiger partial charge in [-0.25, -0.2) is 0 Å². The van der Waals surface area contributed by atoms with Crippen molar-refractivity contribution in [1.29, 1.82) is 0 Å². The maximum atomic E-state index is 5.74. The summed E-state index contributed by atoms with van der Waals surface area (Å²) in [5.41, 5.74) is 3.85. The number of nitrogens with one attached hydrogen (secondary N) is 1. The maximum absolute atomic E-state index is 5.74. The Morgan fingerprint density at radius 3 is 2.65 bits per heavy atom. The quantitative estimate of drug-likeness (QED) is 0.749. The van der Waals surface area contributed by atoms with Crippen LogP contribution in [-0.4, -0.2) is 18.6 Å². The summed E-state index contributed by atoms with van der Waals surface area (Å²) in [5.74, 6) is 0. The zero-order valence-corrected chi connectivity index (χ0v) is 12.0. The van der Waals surface area contributed by atoms with Crippen molar-refractivity contribution < 1.29 is 4.74 Å². The molecular formula is C17H22N2O. The maximum Gasteiger partial charge on any atom is 0.0716 e. The summed E-state index contributed by atoms with van der Waals surface area (Å²) in [5, 5.41) is 3.16. The van der Waals surface area contributed by atoms with Gasteiger partial charge in [-0.05, 0) is 48.7 Å². The molecule has 0 bridgehead atoms. The fraction of sp³-hybridized carbons (Fsp3) is 0.353. The summed E-state index contributed by atoms with van der Waals surface area (Å²) in [6.45, 7) is 2.38. The van der Waals surface area contributed by atoms with Crippen molar-refractivity contribution in [2.24, 2.45) is 0 Å². The van der Waals surface area contributed by atoms with E-state index in [1.54, 1.807) is 0 Å². The molecule has 1 heterocycles. The van der Waals surface area contributed by atoms with Crippen molar-refractivity contribution >= 4 is 0 Å². The van der Waals surface area contributed by atoms with Crippen LogP contribution in [0.2, 0.25) is 0 Å². The number of hydrogen-bond donors (Lipinski definition) is 1. The predicted octanol–water partition coefficient (Wildman–Crippen LogP) is 2.95. The zero-order valence-electron chi connectivity index (χ0n) is 12.0. The Morgan fingerprint density at radius 1 is 1.05 bits per heavy atom. The number of pyridine rings is 1. The van der Waals surface area contributed by atoms with Gasteiger partial charge in [0.1, 0.15) is 0 Å². The van der Waals surface area contributed by atoms with Crippen LogP contribution < -0.4 is 5.32 Å². The van der Waals surface area contributed by atoms with Crippen LogP contribution in [0.25, 0.3) is 0 Å². The third-order valence-corrected chi connectivity index (χ3v) is 3.14. The van der Waals surface area contributed by atoms with Crippen molar-refractivity contribution in [2.45, 2.75) is 26.0 Å². The Hall–Kier alpha value is -1.71. The van der Waals surface area contributed by atoms with Crippen molar-refractivity contribution in [3.05, 3.63) is 65.5 Å². The number of ether oxygens (including phenoxy) is 1. The minimum Gasteiger partial charge on any atom is -0.377 e. The van der Waals surface area contributed by atoms with Crippen molar-refractivity contribution in [3.8, 4) is 0 Å². The number of rotatable bonds is 8. The molecular weight excluding hydrogens is 248 g/mol. The summed E-state index contributed by atoms with van der Waals surface area (Å²) in [6, 6.07) is 12.6. The molecule has 0 atom stereocenters. The Balaban J connectivity index is 1.67. The average molecular weight is 270 g/mol. The third-order valence-electron chi connectivity index (χ3n) is 3.14. The van der Waals surface area contributed by atoms with Gasteiger partial charge in [0.25, 0.3) is 0 Å². The Morgan fingerprint density at radius 2 is 1.85 bits per heavy atom. The van der Waals surface area contributed by atoms with E-state index >= 15 is 0 Å². The van der Waals surface area contributed by atoms with Gasteiger partial charge in [0.05, 0.1) is 6.61 Å². The van der Waals surface area contributed by atoms with Gasteiger partial charge in [-0.3, -0.25) is 4.98 Å². The second kappa shape index (κ2) is 8.46. The van der Waals surface area contributed by atoms with E-state index in [4.69, 9.17) is 4.74 Å². The van der Waals surface area contributed by atoms with E-state index in [0.717, 1.165) is 26.0 Å². The van der Waals surface area contributed by atoms with Gasteiger partial charge in [0.15, 0.2) is 0 Å². The number of hydrogen-bond acceptors (Lipinski definition) is 3. The molecule has 2 aromatic rings. The molecule has 0 spiro atoms. The van der Waals surface area contributed by atoms with E-state index in [0.29, 0.717) is 6.61 Å². The van der Waals surface area contributed by atoms with E-state index in [1.165, 1.54) is 16.7 Å². The molecule has 1 aromatic carbocycles. The molecule has 0 aliphatic heterocycles. The SMILES string of the molecule is CNCc1cccc(COCCCc2ccncc2)c1. The van der Waals surface area contributed by atoms with E-state index < -0.39 is 0 Å². The lowest BCUT2D eigenvalue weighted by atomic mass is 10.1. The molecule has 0 amide bonds. The fourth-order valence-electron chi connectivity index (χ4n) is 2.15. The number of aryl methyl sites for hydroxylation is 1. The first kappa shape index (κ1) is 14.7. The molecule has 0 fully saturated rings. The fourth-order valence-corrected chi connectivity index (χ4v) is 2.15. The summed E-state index contributed by atoms with van der Waals surface area (Å²) in [4.78, 5) is 4.02. The summed E-state index contributed by atoms with van der Waals surface area (Å²) in [7, 11) is 1.96. The van der Waals surface area contributed by atoms with Gasteiger partial charge < -0.3 is 10.1 Å². The Labute approximate surface area is 121 Å². The molecule has 0 saturated heterocycles. The van der Waals surface area contributed by atoms with Crippen molar-refractivity contribution in [1.82, 2.24) is 10.3 Å². The molecule has 0 radical (unpaired) electrons. The topological polar surface area (TPSA) is 34.1 Å². The predicted molar refractivity (Wildman–Crippen MR) is 81.4 cm³/mol. The molecule has 3 heteroatoms. The van der Waals surface area contributed by atoms with E-state index in [9.17, 15) is 0 Å². The summed E-state index contributed by atoms with van der Waals surface area (Å²) < 4.78 is 5.74. The minimum atomic E-state index is 0.688. The van der Waals surface area contributed by atoms with Crippen LogP contribution in [0.15, 0.2) is 48.8 Å². The molecule has 0 aliphatic carbocycles. The number of aromatic nitrogens is 1. The third kappa shape index (κ3) is 5.11. The van der Waals surface area contributed by atoms with Gasteiger partial charge in [-0.2, -0.15) is 0 Å². The molecule has 2 rings (SSSR count). The van der Waals surface area contributed by atoms with Gasteiger partial charge in [0.2, 0.25) is 0 Å². The summed E-state index contributed by atoms with van der Waals surface area (Å²) >= 11 is 0. The molecule has 1 N–H and O–H groups in total. The lowest BCUT2D eigenvalue weighted by Crippen LogP contribution is -2.05. The molecule has 1 aromatic heterocycles. The van der Waals surface area contributed by atoms with Gasteiger partial charge in [0, 0.05) is 25.5 Å². The van der Waals surface area contributed by atoms with Gasteiger partial charge in [-0.15, -0.1) is 0 Å². The molecule has 0 aliphatic rings. The number of nitrogens with zero attached hydrogens (tertiary/aromatic N) is 1. The molecule has 20 heavy (non-hydrogen) atoms.